The van der Waals surface area contributed by atoms with E-state index in [4.69, 9.17) is 0 Å². The zero-order valence-electron chi connectivity index (χ0n) is 13.7. The Kier molecular flexibility index (Phi) is 3.17. The van der Waals surface area contributed by atoms with E-state index >= 15 is 0 Å². The second-order valence-electron chi connectivity index (χ2n) is 6.17. The van der Waals surface area contributed by atoms with Gasteiger partial charge in [-0.1, -0.05) is 84.9 Å². The first-order valence-corrected chi connectivity index (χ1v) is 8.48. The molecule has 0 saturated heterocycles. The van der Waals surface area contributed by atoms with E-state index < -0.39 is 0 Å². The fourth-order valence-electron chi connectivity index (χ4n) is 3.63. The van der Waals surface area contributed by atoms with E-state index in [2.05, 4.69) is 102 Å². The summed E-state index contributed by atoms with van der Waals surface area (Å²) < 4.78 is 2.33. The molecular weight excluding hydrogens is 302 g/mol. The molecule has 1 nitrogen and oxygen atoms in total. The van der Waals surface area contributed by atoms with Crippen LogP contribution in [0.4, 0.5) is 0 Å². The van der Waals surface area contributed by atoms with Crippen LogP contribution in [0.1, 0.15) is 0 Å². The molecule has 1 heterocycles. The summed E-state index contributed by atoms with van der Waals surface area (Å²) in [6.45, 7) is 0. The molecule has 1 aromatic heterocycles. The quantitative estimate of drug-likeness (QED) is 0.362. The Balaban J connectivity index is 1.92. The molecule has 0 N–H and O–H groups in total. The average molecular weight is 318 g/mol. The number of benzene rings is 4. The van der Waals surface area contributed by atoms with Crippen molar-refractivity contribution >= 4 is 21.8 Å². The second-order valence-corrected chi connectivity index (χ2v) is 6.17. The molecule has 1 radical (unpaired) electrons. The number of nitrogens with zero attached hydrogens (tertiary/aromatic N) is 1. The van der Waals surface area contributed by atoms with Crippen molar-refractivity contribution in [2.45, 2.75) is 0 Å². The van der Waals surface area contributed by atoms with Gasteiger partial charge in [-0.15, -0.1) is 0 Å². The highest BCUT2D eigenvalue weighted by Gasteiger charge is 2.14. The minimum Gasteiger partial charge on any atom is -0.308 e. The molecule has 0 spiro atoms. The zero-order chi connectivity index (χ0) is 16.6. The molecule has 0 unspecified atom stereocenters. The van der Waals surface area contributed by atoms with Gasteiger partial charge in [0, 0.05) is 22.4 Å². The predicted octanol–water partition coefficient (Wildman–Crippen LogP) is 6.25. The van der Waals surface area contributed by atoms with Crippen LogP contribution in [0, 0.1) is 6.07 Å². The van der Waals surface area contributed by atoms with Gasteiger partial charge >= 0.3 is 0 Å². The lowest BCUT2D eigenvalue weighted by atomic mass is 10.0. The Labute approximate surface area is 146 Å². The van der Waals surface area contributed by atoms with Crippen molar-refractivity contribution in [1.82, 2.24) is 4.57 Å². The molecule has 0 aliphatic carbocycles. The maximum atomic E-state index is 3.45. The van der Waals surface area contributed by atoms with Crippen molar-refractivity contribution in [3.05, 3.63) is 103 Å². The minimum absolute atomic E-state index is 1.12. The fourth-order valence-corrected chi connectivity index (χ4v) is 3.63. The average Bonchev–Trinajstić information content (AvgIpc) is 3.03. The van der Waals surface area contributed by atoms with Crippen molar-refractivity contribution in [2.75, 3.05) is 0 Å². The molecule has 4 aromatic carbocycles. The highest BCUT2D eigenvalue weighted by molar-refractivity contribution is 6.09. The van der Waals surface area contributed by atoms with Gasteiger partial charge in [0.15, 0.2) is 0 Å². The van der Waals surface area contributed by atoms with Crippen LogP contribution < -0.4 is 0 Å². The first kappa shape index (κ1) is 14.1. The third kappa shape index (κ3) is 2.17. The van der Waals surface area contributed by atoms with Crippen molar-refractivity contribution in [3.8, 4) is 16.8 Å². The first-order valence-electron chi connectivity index (χ1n) is 8.48. The molecule has 0 amide bonds. The number of aromatic nitrogens is 1. The summed E-state index contributed by atoms with van der Waals surface area (Å²) in [6.07, 6.45) is 0. The molecule has 5 aromatic rings. The third-order valence-electron chi connectivity index (χ3n) is 4.72. The first-order chi connectivity index (χ1) is 12.4. The Morgan fingerprint density at radius 2 is 1.32 bits per heavy atom. The maximum absolute atomic E-state index is 3.45. The van der Waals surface area contributed by atoms with Crippen LogP contribution in [0.25, 0.3) is 38.6 Å². The van der Waals surface area contributed by atoms with Crippen LogP contribution in [0.3, 0.4) is 0 Å². The lowest BCUT2D eigenvalue weighted by Gasteiger charge is -2.13. The lowest BCUT2D eigenvalue weighted by Crippen LogP contribution is -1.96. The van der Waals surface area contributed by atoms with E-state index in [0.29, 0.717) is 0 Å². The van der Waals surface area contributed by atoms with Crippen LogP contribution in [-0.2, 0) is 0 Å². The maximum Gasteiger partial charge on any atom is 0.0620 e. The SMILES string of the molecule is [c]1cccc2c3ccccc3n(-c3ccccc3-c3ccccc3)c12. The van der Waals surface area contributed by atoms with Gasteiger partial charge in [0.2, 0.25) is 0 Å². The third-order valence-corrected chi connectivity index (χ3v) is 4.72. The van der Waals surface area contributed by atoms with Crippen LogP contribution in [0.2, 0.25) is 0 Å². The smallest absolute Gasteiger partial charge is 0.0620 e. The van der Waals surface area contributed by atoms with Crippen LogP contribution in [0.5, 0.6) is 0 Å². The topological polar surface area (TPSA) is 4.93 Å². The summed E-state index contributed by atoms with van der Waals surface area (Å²) >= 11 is 0. The molecular formula is C24H16N. The van der Waals surface area contributed by atoms with E-state index in [1.54, 1.807) is 0 Å². The molecule has 0 aliphatic rings. The Bertz CT molecular complexity index is 1130. The predicted molar refractivity (Wildman–Crippen MR) is 105 cm³/mol. The van der Waals surface area contributed by atoms with E-state index in [1.807, 2.05) is 6.07 Å². The van der Waals surface area contributed by atoms with Crippen LogP contribution in [0.15, 0.2) is 97.1 Å². The molecule has 5 rings (SSSR count). The number of hydrogen-bond donors (Lipinski definition) is 0. The summed E-state index contributed by atoms with van der Waals surface area (Å²) in [5.41, 5.74) is 5.96. The standard InChI is InChI=1S/C24H16N/c1-2-10-18(11-3-1)19-12-4-7-15-22(19)25-23-16-8-5-13-20(23)21-14-6-9-17-24(21)25/h1-16H. The Morgan fingerprint density at radius 3 is 2.24 bits per heavy atom. The molecule has 0 atom stereocenters. The Hall–Kier alpha value is -3.32. The Morgan fingerprint density at radius 1 is 0.600 bits per heavy atom. The van der Waals surface area contributed by atoms with Crippen LogP contribution >= 0.6 is 0 Å². The van der Waals surface area contributed by atoms with Gasteiger partial charge < -0.3 is 4.57 Å². The molecule has 0 aliphatic heterocycles. The lowest BCUT2D eigenvalue weighted by molar-refractivity contribution is 1.18. The van der Waals surface area contributed by atoms with Crippen molar-refractivity contribution in [3.63, 3.8) is 0 Å². The fraction of sp³-hybridized carbons (Fsp3) is 0. The number of hydrogen-bond acceptors (Lipinski definition) is 0. The van der Waals surface area contributed by atoms with E-state index in [-0.39, 0.29) is 0 Å². The molecule has 0 saturated carbocycles. The summed E-state index contributed by atoms with van der Waals surface area (Å²) in [4.78, 5) is 0. The normalized spacial score (nSPS) is 11.2. The highest BCUT2D eigenvalue weighted by atomic mass is 15.0. The van der Waals surface area contributed by atoms with Gasteiger partial charge in [-0.2, -0.15) is 0 Å². The number of fused-ring (bicyclic) bond motifs is 3. The van der Waals surface area contributed by atoms with Crippen LogP contribution in [-0.4, -0.2) is 4.57 Å². The van der Waals surface area contributed by atoms with Crippen molar-refractivity contribution < 1.29 is 0 Å². The van der Waals surface area contributed by atoms with Crippen molar-refractivity contribution in [1.29, 1.82) is 0 Å². The molecule has 117 valence electrons. The van der Waals surface area contributed by atoms with E-state index in [0.717, 1.165) is 5.52 Å². The summed E-state index contributed by atoms with van der Waals surface area (Å²) in [5.74, 6) is 0. The van der Waals surface area contributed by atoms with Gasteiger partial charge in [0.05, 0.1) is 16.7 Å². The monoisotopic (exact) mass is 318 g/mol. The van der Waals surface area contributed by atoms with Gasteiger partial charge in [0.1, 0.15) is 0 Å². The molecule has 25 heavy (non-hydrogen) atoms. The highest BCUT2D eigenvalue weighted by Crippen LogP contribution is 2.35. The molecule has 1 heteroatoms. The van der Waals surface area contributed by atoms with Gasteiger partial charge in [0.25, 0.3) is 0 Å². The molecule has 0 fully saturated rings. The summed E-state index contributed by atoms with van der Waals surface area (Å²) in [7, 11) is 0. The van der Waals surface area contributed by atoms with Crippen molar-refractivity contribution in [2.24, 2.45) is 0 Å². The summed E-state index contributed by atoms with van der Waals surface area (Å²) in [6, 6.07) is 37.4. The van der Waals surface area contributed by atoms with Gasteiger partial charge in [-0.3, -0.25) is 0 Å². The second kappa shape index (κ2) is 5.64. The number of para-hydroxylation sites is 3. The molecule has 0 bridgehead atoms. The van der Waals surface area contributed by atoms with Gasteiger partial charge in [-0.25, -0.2) is 0 Å². The van der Waals surface area contributed by atoms with E-state index in [1.165, 1.54) is 33.1 Å². The van der Waals surface area contributed by atoms with E-state index in [9.17, 15) is 0 Å². The largest absolute Gasteiger partial charge is 0.308 e. The number of rotatable bonds is 2. The van der Waals surface area contributed by atoms with Gasteiger partial charge in [-0.05, 0) is 17.7 Å². The zero-order valence-corrected chi connectivity index (χ0v) is 13.7. The minimum atomic E-state index is 1.12. The summed E-state index contributed by atoms with van der Waals surface area (Å²) in [5, 5.41) is 2.50.